The van der Waals surface area contributed by atoms with Crippen molar-refractivity contribution in [2.45, 2.75) is 20.8 Å². The minimum Gasteiger partial charge on any atom is -0.462 e. The largest absolute Gasteiger partial charge is 0.462 e. The summed E-state index contributed by atoms with van der Waals surface area (Å²) in [4.78, 5) is 51.2. The molecular formula is C27H24ClN3O5S. The molecule has 37 heavy (non-hydrogen) atoms. The lowest BCUT2D eigenvalue weighted by molar-refractivity contribution is -0.127. The van der Waals surface area contributed by atoms with E-state index < -0.39 is 29.6 Å². The molecule has 0 bridgehead atoms. The molecule has 1 N–H and O–H groups in total. The number of thioether (sulfide) groups is 1. The van der Waals surface area contributed by atoms with Crippen LogP contribution in [-0.2, 0) is 14.3 Å². The van der Waals surface area contributed by atoms with Crippen LogP contribution in [0.5, 0.6) is 0 Å². The number of hydrogen-bond donors (Lipinski definition) is 1. The van der Waals surface area contributed by atoms with Crippen LogP contribution in [0.1, 0.15) is 34.2 Å². The number of hydrogen-bond acceptors (Lipinski definition) is 6. The van der Waals surface area contributed by atoms with E-state index in [1.54, 1.807) is 55.5 Å². The predicted octanol–water partition coefficient (Wildman–Crippen LogP) is 5.60. The number of rotatable bonds is 7. The molecule has 2 heterocycles. The van der Waals surface area contributed by atoms with Gasteiger partial charge in [-0.2, -0.15) is 0 Å². The van der Waals surface area contributed by atoms with E-state index in [0.29, 0.717) is 16.3 Å². The number of amides is 3. The Morgan fingerprint density at radius 1 is 1.08 bits per heavy atom. The average Bonchev–Trinajstić information content (AvgIpc) is 3.29. The first kappa shape index (κ1) is 26.2. The third kappa shape index (κ3) is 5.79. The Kier molecular flexibility index (Phi) is 7.85. The zero-order valence-electron chi connectivity index (χ0n) is 20.4. The maximum absolute atomic E-state index is 13.0. The number of carbonyl (C=O) groups is 4. The van der Waals surface area contributed by atoms with Crippen LogP contribution in [0, 0.1) is 13.8 Å². The van der Waals surface area contributed by atoms with E-state index in [0.717, 1.165) is 39.3 Å². The quantitative estimate of drug-likeness (QED) is 0.311. The molecule has 4 rings (SSSR count). The van der Waals surface area contributed by atoms with Crippen molar-refractivity contribution in [2.24, 2.45) is 0 Å². The van der Waals surface area contributed by atoms with Gasteiger partial charge in [-0.15, -0.1) is 0 Å². The third-order valence-corrected chi connectivity index (χ3v) is 6.84. The molecule has 1 aliphatic heterocycles. The van der Waals surface area contributed by atoms with Gasteiger partial charge in [-0.05, 0) is 92.7 Å². The minimum atomic E-state index is -0.532. The number of ether oxygens (including phenoxy) is 1. The molecule has 1 aliphatic rings. The summed E-state index contributed by atoms with van der Waals surface area (Å²) in [6, 6.07) is 15.5. The van der Waals surface area contributed by atoms with Crippen LogP contribution < -0.4 is 5.32 Å². The number of imide groups is 1. The summed E-state index contributed by atoms with van der Waals surface area (Å²) in [7, 11) is 0. The van der Waals surface area contributed by atoms with E-state index >= 15 is 0 Å². The molecule has 190 valence electrons. The zero-order chi connectivity index (χ0) is 26.7. The summed E-state index contributed by atoms with van der Waals surface area (Å²) >= 11 is 6.64. The molecule has 2 aromatic carbocycles. The van der Waals surface area contributed by atoms with Gasteiger partial charge in [0.15, 0.2) is 0 Å². The standard InChI is InChI=1S/C27H24ClN3O5S/c1-4-36-26(34)18-6-5-7-22(13-18)31-16(2)12-19(17(31)3)14-23-25(33)30(27(35)37-23)15-24(32)29-21-10-8-20(28)9-11-21/h5-14H,4,15H2,1-3H3,(H,29,32)/b23-14-. The van der Waals surface area contributed by atoms with Crippen molar-refractivity contribution in [1.29, 1.82) is 0 Å². The third-order valence-electron chi connectivity index (χ3n) is 5.68. The van der Waals surface area contributed by atoms with Crippen LogP contribution in [0.15, 0.2) is 59.5 Å². The highest BCUT2D eigenvalue weighted by Gasteiger charge is 2.36. The predicted molar refractivity (Wildman–Crippen MR) is 144 cm³/mol. The highest BCUT2D eigenvalue weighted by atomic mass is 35.5. The molecule has 1 fully saturated rings. The maximum Gasteiger partial charge on any atom is 0.338 e. The molecule has 0 spiro atoms. The number of benzene rings is 2. The summed E-state index contributed by atoms with van der Waals surface area (Å²) in [5.74, 6) is -1.43. The van der Waals surface area contributed by atoms with Crippen molar-refractivity contribution in [2.75, 3.05) is 18.5 Å². The van der Waals surface area contributed by atoms with Crippen molar-refractivity contribution in [1.82, 2.24) is 9.47 Å². The normalized spacial score (nSPS) is 14.4. The Balaban J connectivity index is 1.53. The van der Waals surface area contributed by atoms with Crippen molar-refractivity contribution in [3.05, 3.63) is 87.0 Å². The van der Waals surface area contributed by atoms with Gasteiger partial charge < -0.3 is 14.6 Å². The summed E-state index contributed by atoms with van der Waals surface area (Å²) in [5, 5.41) is 2.66. The summed E-state index contributed by atoms with van der Waals surface area (Å²) in [6.07, 6.45) is 1.65. The van der Waals surface area contributed by atoms with Gasteiger partial charge in [-0.3, -0.25) is 19.3 Å². The number of nitrogens with one attached hydrogen (secondary N) is 1. The SMILES string of the molecule is CCOC(=O)c1cccc(-n2c(C)cc(/C=C3\SC(=O)N(CC(=O)Nc4ccc(Cl)cc4)C3=O)c2C)c1. The number of nitrogens with zero attached hydrogens (tertiary/aromatic N) is 2. The minimum absolute atomic E-state index is 0.227. The number of esters is 1. The first-order chi connectivity index (χ1) is 17.7. The fraction of sp³-hybridized carbons (Fsp3) is 0.185. The molecule has 0 aliphatic carbocycles. The second kappa shape index (κ2) is 11.1. The van der Waals surface area contributed by atoms with E-state index in [1.807, 2.05) is 30.5 Å². The second-order valence-electron chi connectivity index (χ2n) is 8.26. The van der Waals surface area contributed by atoms with Gasteiger partial charge in [0, 0.05) is 27.8 Å². The molecule has 10 heteroatoms. The Morgan fingerprint density at radius 3 is 2.51 bits per heavy atom. The molecule has 1 aromatic heterocycles. The summed E-state index contributed by atoms with van der Waals surface area (Å²) in [5.41, 5.74) is 4.17. The summed E-state index contributed by atoms with van der Waals surface area (Å²) in [6.45, 7) is 5.44. The van der Waals surface area contributed by atoms with E-state index in [4.69, 9.17) is 16.3 Å². The van der Waals surface area contributed by atoms with E-state index in [1.165, 1.54) is 0 Å². The van der Waals surface area contributed by atoms with E-state index in [2.05, 4.69) is 5.32 Å². The lowest BCUT2D eigenvalue weighted by Gasteiger charge is -2.12. The Hall–Kier alpha value is -3.82. The monoisotopic (exact) mass is 537 g/mol. The molecule has 0 saturated carbocycles. The average molecular weight is 538 g/mol. The molecule has 3 aromatic rings. The Morgan fingerprint density at radius 2 is 1.81 bits per heavy atom. The molecular weight excluding hydrogens is 514 g/mol. The molecule has 0 unspecified atom stereocenters. The van der Waals surface area contributed by atoms with E-state index in [-0.39, 0.29) is 11.5 Å². The van der Waals surface area contributed by atoms with Gasteiger partial charge in [-0.1, -0.05) is 17.7 Å². The van der Waals surface area contributed by atoms with Gasteiger partial charge in [0.25, 0.3) is 11.1 Å². The molecule has 1 saturated heterocycles. The zero-order valence-corrected chi connectivity index (χ0v) is 22.0. The van der Waals surface area contributed by atoms with Gasteiger partial charge in [-0.25, -0.2) is 4.79 Å². The van der Waals surface area contributed by atoms with Crippen molar-refractivity contribution in [3.63, 3.8) is 0 Å². The molecule has 3 amide bonds. The van der Waals surface area contributed by atoms with Gasteiger partial charge in [0.1, 0.15) is 6.54 Å². The second-order valence-corrected chi connectivity index (χ2v) is 9.69. The Bertz CT molecular complexity index is 1430. The fourth-order valence-electron chi connectivity index (χ4n) is 3.97. The van der Waals surface area contributed by atoms with Crippen molar-refractivity contribution < 1.29 is 23.9 Å². The maximum atomic E-state index is 13.0. The highest BCUT2D eigenvalue weighted by molar-refractivity contribution is 8.18. The number of aryl methyl sites for hydroxylation is 1. The van der Waals surface area contributed by atoms with Crippen LogP contribution in [0.4, 0.5) is 10.5 Å². The van der Waals surface area contributed by atoms with Crippen LogP contribution >= 0.6 is 23.4 Å². The van der Waals surface area contributed by atoms with Crippen LogP contribution in [0.3, 0.4) is 0 Å². The fourth-order valence-corrected chi connectivity index (χ4v) is 4.93. The van der Waals surface area contributed by atoms with Gasteiger partial charge >= 0.3 is 5.97 Å². The number of aromatic nitrogens is 1. The van der Waals surface area contributed by atoms with Crippen molar-refractivity contribution in [3.8, 4) is 5.69 Å². The van der Waals surface area contributed by atoms with E-state index in [9.17, 15) is 19.2 Å². The van der Waals surface area contributed by atoms with Crippen LogP contribution in [-0.4, -0.2) is 45.6 Å². The lowest BCUT2D eigenvalue weighted by atomic mass is 10.2. The van der Waals surface area contributed by atoms with Crippen LogP contribution in [0.25, 0.3) is 11.8 Å². The first-order valence-corrected chi connectivity index (χ1v) is 12.6. The van der Waals surface area contributed by atoms with Crippen molar-refractivity contribution >= 4 is 58.1 Å². The Labute approximate surface area is 223 Å². The molecule has 0 radical (unpaired) electrons. The molecule has 8 nitrogen and oxygen atoms in total. The highest BCUT2D eigenvalue weighted by Crippen LogP contribution is 2.34. The first-order valence-electron chi connectivity index (χ1n) is 11.4. The smallest absolute Gasteiger partial charge is 0.338 e. The topological polar surface area (TPSA) is 97.7 Å². The van der Waals surface area contributed by atoms with Gasteiger partial charge in [0.05, 0.1) is 17.1 Å². The number of carbonyl (C=O) groups excluding carboxylic acids is 4. The number of anilines is 1. The number of halogens is 1. The molecule has 0 atom stereocenters. The lowest BCUT2D eigenvalue weighted by Crippen LogP contribution is -2.36. The van der Waals surface area contributed by atoms with Gasteiger partial charge in [0.2, 0.25) is 5.91 Å². The summed E-state index contributed by atoms with van der Waals surface area (Å²) < 4.78 is 7.06. The van der Waals surface area contributed by atoms with Crippen LogP contribution in [0.2, 0.25) is 5.02 Å².